The van der Waals surface area contributed by atoms with Gasteiger partial charge in [0.25, 0.3) is 0 Å². The summed E-state index contributed by atoms with van der Waals surface area (Å²) < 4.78 is 0. The zero-order chi connectivity index (χ0) is 22.8. The van der Waals surface area contributed by atoms with Crippen LogP contribution in [0.25, 0.3) is 11.1 Å². The van der Waals surface area contributed by atoms with Gasteiger partial charge in [-0.25, -0.2) is 0 Å². The number of allylic oxidation sites excluding steroid dienone is 4. The summed E-state index contributed by atoms with van der Waals surface area (Å²) in [6.45, 7) is 13.6. The van der Waals surface area contributed by atoms with E-state index in [-0.39, 0.29) is 10.8 Å². The molecule has 31 heavy (non-hydrogen) atoms. The second-order valence-electron chi connectivity index (χ2n) is 9.95. The normalized spacial score (nSPS) is 17.7. The maximum atomic E-state index is 4.65. The standard InChI is InChI=1S/C29H36N2/c1-9-29(5,6)23-16-12-21(13-17-23)25-19-18-24(26(30-7)27(25)31-8)20-10-14-22(15-11-20)28(2,3)4/h10-19H,9H2,1-8H3. The minimum atomic E-state index is 0.142. The number of rotatable bonds is 4. The van der Waals surface area contributed by atoms with Gasteiger partial charge >= 0.3 is 0 Å². The maximum absolute atomic E-state index is 4.65. The summed E-state index contributed by atoms with van der Waals surface area (Å²) in [5.41, 5.74) is 9.51. The molecular weight excluding hydrogens is 376 g/mol. The van der Waals surface area contributed by atoms with Crippen molar-refractivity contribution in [3.8, 4) is 0 Å². The van der Waals surface area contributed by atoms with E-state index in [0.717, 1.165) is 29.0 Å². The van der Waals surface area contributed by atoms with E-state index in [2.05, 4.69) is 112 Å². The third-order valence-corrected chi connectivity index (χ3v) is 6.52. The molecule has 0 fully saturated rings. The number of aliphatic imine (C=N–C) groups is 2. The van der Waals surface area contributed by atoms with Crippen LogP contribution in [0.4, 0.5) is 0 Å². The highest BCUT2D eigenvalue weighted by Crippen LogP contribution is 2.32. The summed E-state index contributed by atoms with van der Waals surface area (Å²) in [7, 11) is 3.71. The third-order valence-electron chi connectivity index (χ3n) is 6.52. The van der Waals surface area contributed by atoms with Gasteiger partial charge in [-0.3, -0.25) is 9.98 Å². The highest BCUT2D eigenvalue weighted by Gasteiger charge is 2.24. The van der Waals surface area contributed by atoms with Crippen molar-refractivity contribution in [1.82, 2.24) is 0 Å². The van der Waals surface area contributed by atoms with Crippen molar-refractivity contribution in [1.29, 1.82) is 0 Å². The Kier molecular flexibility index (Phi) is 6.50. The molecule has 162 valence electrons. The van der Waals surface area contributed by atoms with Gasteiger partial charge < -0.3 is 0 Å². The van der Waals surface area contributed by atoms with E-state index in [1.165, 1.54) is 22.3 Å². The third kappa shape index (κ3) is 4.63. The minimum Gasteiger partial charge on any atom is -0.286 e. The van der Waals surface area contributed by atoms with E-state index >= 15 is 0 Å². The van der Waals surface area contributed by atoms with Gasteiger partial charge in [-0.15, -0.1) is 0 Å². The fourth-order valence-electron chi connectivity index (χ4n) is 3.95. The molecule has 0 unspecified atom stereocenters. The van der Waals surface area contributed by atoms with E-state index in [1.54, 1.807) is 0 Å². The zero-order valence-electron chi connectivity index (χ0n) is 20.4. The molecule has 1 aliphatic rings. The first-order chi connectivity index (χ1) is 14.6. The number of hydrogen-bond acceptors (Lipinski definition) is 2. The second kappa shape index (κ2) is 8.78. The van der Waals surface area contributed by atoms with Gasteiger partial charge in [0.15, 0.2) is 0 Å². The molecule has 0 saturated carbocycles. The predicted octanol–water partition coefficient (Wildman–Crippen LogP) is 7.29. The molecular formula is C29H36N2. The van der Waals surface area contributed by atoms with Crippen LogP contribution in [0.2, 0.25) is 0 Å². The Labute approximate surface area is 188 Å². The quantitative estimate of drug-likeness (QED) is 0.471. The van der Waals surface area contributed by atoms with E-state index in [1.807, 2.05) is 14.1 Å². The van der Waals surface area contributed by atoms with E-state index in [0.29, 0.717) is 0 Å². The Balaban J connectivity index is 2.03. The average Bonchev–Trinajstić information content (AvgIpc) is 2.77. The Hall–Kier alpha value is -2.74. The molecule has 0 amide bonds. The smallest absolute Gasteiger partial charge is 0.0907 e. The van der Waals surface area contributed by atoms with Crippen LogP contribution >= 0.6 is 0 Å². The van der Waals surface area contributed by atoms with Crippen molar-refractivity contribution in [2.75, 3.05) is 14.1 Å². The van der Waals surface area contributed by atoms with Gasteiger partial charge in [-0.05, 0) is 39.5 Å². The highest BCUT2D eigenvalue weighted by atomic mass is 14.8. The molecule has 0 saturated heterocycles. The van der Waals surface area contributed by atoms with E-state index < -0.39 is 0 Å². The lowest BCUT2D eigenvalue weighted by molar-refractivity contribution is 0.506. The molecule has 0 spiro atoms. The molecule has 2 aromatic carbocycles. The molecule has 0 aromatic heterocycles. The van der Waals surface area contributed by atoms with Gasteiger partial charge in [0.2, 0.25) is 0 Å². The summed E-state index contributed by atoms with van der Waals surface area (Å²) >= 11 is 0. The molecule has 0 heterocycles. The van der Waals surface area contributed by atoms with Crippen LogP contribution in [0.3, 0.4) is 0 Å². The molecule has 2 nitrogen and oxygen atoms in total. The summed E-state index contributed by atoms with van der Waals surface area (Å²) in [6, 6.07) is 17.8. The number of hydrogen-bond donors (Lipinski definition) is 0. The van der Waals surface area contributed by atoms with Gasteiger partial charge in [0.1, 0.15) is 0 Å². The Morgan fingerprint density at radius 3 is 1.32 bits per heavy atom. The first-order valence-electron chi connectivity index (χ1n) is 11.2. The maximum Gasteiger partial charge on any atom is 0.0907 e. The molecule has 0 atom stereocenters. The largest absolute Gasteiger partial charge is 0.286 e. The predicted molar refractivity (Wildman–Crippen MR) is 138 cm³/mol. The summed E-state index contributed by atoms with van der Waals surface area (Å²) in [5.74, 6) is 0. The molecule has 0 bridgehead atoms. The molecule has 1 aliphatic carbocycles. The Morgan fingerprint density at radius 2 is 1.00 bits per heavy atom. The van der Waals surface area contributed by atoms with Gasteiger partial charge in [-0.1, -0.05) is 102 Å². The molecule has 0 aliphatic heterocycles. The topological polar surface area (TPSA) is 24.7 Å². The van der Waals surface area contributed by atoms with E-state index in [9.17, 15) is 0 Å². The van der Waals surface area contributed by atoms with Gasteiger partial charge in [0, 0.05) is 25.2 Å². The van der Waals surface area contributed by atoms with Gasteiger partial charge in [0.05, 0.1) is 11.4 Å². The van der Waals surface area contributed by atoms with Crippen LogP contribution in [0.15, 0.2) is 70.7 Å². The molecule has 2 heteroatoms. The molecule has 0 radical (unpaired) electrons. The first-order valence-corrected chi connectivity index (χ1v) is 11.2. The van der Waals surface area contributed by atoms with Crippen molar-refractivity contribution >= 4 is 22.6 Å². The number of benzene rings is 2. The van der Waals surface area contributed by atoms with Crippen molar-refractivity contribution < 1.29 is 0 Å². The molecule has 2 aromatic rings. The van der Waals surface area contributed by atoms with Crippen LogP contribution in [0, 0.1) is 0 Å². The monoisotopic (exact) mass is 412 g/mol. The van der Waals surface area contributed by atoms with Crippen molar-refractivity contribution in [3.05, 3.63) is 82.9 Å². The van der Waals surface area contributed by atoms with Crippen LogP contribution in [0.5, 0.6) is 0 Å². The Morgan fingerprint density at radius 1 is 0.613 bits per heavy atom. The SMILES string of the molecule is CCC(C)(C)c1ccc(C2=CC=C(c3ccc(C(C)(C)C)cc3)C(=NC)C2=NC)cc1. The fourth-order valence-corrected chi connectivity index (χ4v) is 3.95. The number of nitrogens with zero attached hydrogens (tertiary/aromatic N) is 2. The van der Waals surface area contributed by atoms with Crippen LogP contribution in [-0.2, 0) is 10.8 Å². The van der Waals surface area contributed by atoms with Crippen LogP contribution < -0.4 is 0 Å². The first kappa shape index (κ1) is 22.9. The molecule has 0 N–H and O–H groups in total. The van der Waals surface area contributed by atoms with Crippen LogP contribution in [0.1, 0.15) is 70.2 Å². The van der Waals surface area contributed by atoms with Crippen LogP contribution in [-0.4, -0.2) is 25.5 Å². The average molecular weight is 413 g/mol. The van der Waals surface area contributed by atoms with Crippen molar-refractivity contribution in [2.24, 2.45) is 9.98 Å². The summed E-state index contributed by atoms with van der Waals surface area (Å²) in [6.07, 6.45) is 5.48. The van der Waals surface area contributed by atoms with Crippen molar-refractivity contribution in [3.63, 3.8) is 0 Å². The highest BCUT2D eigenvalue weighted by molar-refractivity contribution is 6.69. The van der Waals surface area contributed by atoms with Crippen molar-refractivity contribution in [2.45, 2.75) is 58.8 Å². The summed E-state index contributed by atoms with van der Waals surface area (Å²) in [5, 5.41) is 0. The lowest BCUT2D eigenvalue weighted by Gasteiger charge is -2.24. The van der Waals surface area contributed by atoms with Gasteiger partial charge in [-0.2, -0.15) is 0 Å². The van der Waals surface area contributed by atoms with E-state index in [4.69, 9.17) is 0 Å². The fraction of sp³-hybridized carbons (Fsp3) is 0.379. The zero-order valence-corrected chi connectivity index (χ0v) is 20.4. The lowest BCUT2D eigenvalue weighted by atomic mass is 9.80. The Bertz CT molecular complexity index is 1050. The minimum absolute atomic E-state index is 0.142. The lowest BCUT2D eigenvalue weighted by Crippen LogP contribution is -2.21. The summed E-state index contributed by atoms with van der Waals surface area (Å²) in [4.78, 5) is 9.31. The second-order valence-corrected chi connectivity index (χ2v) is 9.95. The molecule has 3 rings (SSSR count).